The van der Waals surface area contributed by atoms with Crippen LogP contribution in [0.15, 0.2) is 24.3 Å². The van der Waals surface area contributed by atoms with Gasteiger partial charge in [-0.05, 0) is 24.6 Å². The first kappa shape index (κ1) is 12.6. The third-order valence-electron chi connectivity index (χ3n) is 2.88. The van der Waals surface area contributed by atoms with E-state index in [2.05, 4.69) is 35.1 Å². The molecule has 1 aromatic carbocycles. The quantitative estimate of drug-likeness (QED) is 0.719. The van der Waals surface area contributed by atoms with E-state index >= 15 is 0 Å². The molecule has 0 saturated heterocycles. The van der Waals surface area contributed by atoms with E-state index in [9.17, 15) is 0 Å². The number of methoxy groups -OCH3 is 1. The van der Waals surface area contributed by atoms with Gasteiger partial charge in [0.1, 0.15) is 5.60 Å². The van der Waals surface area contributed by atoms with Gasteiger partial charge in [-0.3, -0.25) is 0 Å². The molecule has 2 heteroatoms. The number of anilines is 1. The number of hydrogen-bond donors (Lipinski definition) is 0. The van der Waals surface area contributed by atoms with Crippen molar-refractivity contribution >= 4 is 5.69 Å². The van der Waals surface area contributed by atoms with E-state index < -0.39 is 0 Å². The van der Waals surface area contributed by atoms with Crippen molar-refractivity contribution in [2.45, 2.75) is 18.9 Å². The second-order valence-corrected chi connectivity index (χ2v) is 4.26. The van der Waals surface area contributed by atoms with Gasteiger partial charge in [0, 0.05) is 33.3 Å². The highest BCUT2D eigenvalue weighted by atomic mass is 16.5. The monoisotopic (exact) mass is 217 g/mol. The first-order valence-electron chi connectivity index (χ1n) is 5.30. The lowest BCUT2D eigenvalue weighted by atomic mass is 9.92. The van der Waals surface area contributed by atoms with Gasteiger partial charge in [-0.15, -0.1) is 12.3 Å². The molecular formula is C14H19NO. The SMILES string of the molecule is C#CC[C@@](C)(OC)c1ccc(N(C)C)cc1. The summed E-state index contributed by atoms with van der Waals surface area (Å²) < 4.78 is 5.51. The van der Waals surface area contributed by atoms with Crippen molar-refractivity contribution in [1.82, 2.24) is 0 Å². The fraction of sp³-hybridized carbons (Fsp3) is 0.429. The zero-order valence-electron chi connectivity index (χ0n) is 10.4. The zero-order chi connectivity index (χ0) is 12.2. The van der Waals surface area contributed by atoms with Crippen LogP contribution < -0.4 is 4.90 Å². The molecule has 0 fully saturated rings. The first-order valence-corrected chi connectivity index (χ1v) is 5.30. The Labute approximate surface area is 98.2 Å². The van der Waals surface area contributed by atoms with E-state index in [0.29, 0.717) is 6.42 Å². The molecular weight excluding hydrogens is 198 g/mol. The van der Waals surface area contributed by atoms with E-state index in [1.54, 1.807) is 7.11 Å². The minimum atomic E-state index is -0.389. The van der Waals surface area contributed by atoms with E-state index in [4.69, 9.17) is 11.2 Å². The molecule has 0 saturated carbocycles. The Morgan fingerprint density at radius 2 is 1.88 bits per heavy atom. The van der Waals surface area contributed by atoms with Crippen LogP contribution in [0.1, 0.15) is 18.9 Å². The predicted octanol–water partition coefficient (Wildman–Crippen LogP) is 2.64. The second kappa shape index (κ2) is 5.05. The summed E-state index contributed by atoms with van der Waals surface area (Å²) in [4.78, 5) is 2.06. The van der Waals surface area contributed by atoms with Gasteiger partial charge in [-0.25, -0.2) is 0 Å². The highest BCUT2D eigenvalue weighted by molar-refractivity contribution is 5.47. The molecule has 0 amide bonds. The Morgan fingerprint density at radius 3 is 2.25 bits per heavy atom. The van der Waals surface area contributed by atoms with E-state index in [-0.39, 0.29) is 5.60 Å². The van der Waals surface area contributed by atoms with Crippen LogP contribution in [0.25, 0.3) is 0 Å². The van der Waals surface area contributed by atoms with Crippen molar-refractivity contribution < 1.29 is 4.74 Å². The van der Waals surface area contributed by atoms with Crippen LogP contribution in [0.5, 0.6) is 0 Å². The highest BCUT2D eigenvalue weighted by Crippen LogP contribution is 2.29. The van der Waals surface area contributed by atoms with Crippen LogP contribution in [0.4, 0.5) is 5.69 Å². The highest BCUT2D eigenvalue weighted by Gasteiger charge is 2.24. The maximum atomic E-state index is 5.51. The summed E-state index contributed by atoms with van der Waals surface area (Å²) in [7, 11) is 5.73. The van der Waals surface area contributed by atoms with Gasteiger partial charge in [0.25, 0.3) is 0 Å². The Balaban J connectivity index is 3.00. The summed E-state index contributed by atoms with van der Waals surface area (Å²) in [6, 6.07) is 8.28. The standard InChI is InChI=1S/C14H19NO/c1-6-11-14(2,16-5)12-7-9-13(10-8-12)15(3)4/h1,7-10H,11H2,2-5H3/t14-/m1/s1. The molecule has 1 aromatic rings. The van der Waals surface area contributed by atoms with Gasteiger partial charge >= 0.3 is 0 Å². The zero-order valence-corrected chi connectivity index (χ0v) is 10.4. The molecule has 0 unspecified atom stereocenters. The molecule has 1 rings (SSSR count). The summed E-state index contributed by atoms with van der Waals surface area (Å²) >= 11 is 0. The minimum Gasteiger partial charge on any atom is -0.378 e. The first-order chi connectivity index (χ1) is 7.53. The van der Waals surface area contributed by atoms with Gasteiger partial charge in [-0.2, -0.15) is 0 Å². The third-order valence-corrected chi connectivity index (χ3v) is 2.88. The lowest BCUT2D eigenvalue weighted by molar-refractivity contribution is 0.00648. The van der Waals surface area contributed by atoms with E-state index in [0.717, 1.165) is 5.56 Å². The second-order valence-electron chi connectivity index (χ2n) is 4.26. The number of nitrogens with zero attached hydrogens (tertiary/aromatic N) is 1. The molecule has 0 radical (unpaired) electrons. The molecule has 86 valence electrons. The number of rotatable bonds is 4. The van der Waals surface area contributed by atoms with Crippen LogP contribution in [-0.4, -0.2) is 21.2 Å². The number of hydrogen-bond acceptors (Lipinski definition) is 2. The van der Waals surface area contributed by atoms with E-state index in [1.807, 2.05) is 21.0 Å². The van der Waals surface area contributed by atoms with Crippen LogP contribution in [0.3, 0.4) is 0 Å². The molecule has 2 nitrogen and oxygen atoms in total. The molecule has 0 bridgehead atoms. The van der Waals surface area contributed by atoms with Gasteiger partial charge in [0.2, 0.25) is 0 Å². The molecule has 0 aliphatic carbocycles. The molecule has 0 spiro atoms. The maximum absolute atomic E-state index is 5.51. The summed E-state index contributed by atoms with van der Waals surface area (Å²) in [6.07, 6.45) is 5.94. The Hall–Kier alpha value is -1.46. The Kier molecular flexibility index (Phi) is 3.98. The molecule has 0 aromatic heterocycles. The van der Waals surface area contributed by atoms with Gasteiger partial charge < -0.3 is 9.64 Å². The Morgan fingerprint density at radius 1 is 1.31 bits per heavy atom. The van der Waals surface area contributed by atoms with E-state index in [1.165, 1.54) is 5.69 Å². The molecule has 0 heterocycles. The van der Waals surface area contributed by atoms with Gasteiger partial charge in [0.05, 0.1) is 0 Å². The fourth-order valence-corrected chi connectivity index (χ4v) is 1.60. The van der Waals surface area contributed by atoms with Crippen molar-refractivity contribution in [3.8, 4) is 12.3 Å². The number of terminal acetylenes is 1. The number of benzene rings is 1. The average molecular weight is 217 g/mol. The van der Waals surface area contributed by atoms with Crippen LogP contribution >= 0.6 is 0 Å². The smallest absolute Gasteiger partial charge is 0.101 e. The molecule has 0 aliphatic heterocycles. The number of ether oxygens (including phenoxy) is 1. The van der Waals surface area contributed by atoms with Crippen LogP contribution in [0.2, 0.25) is 0 Å². The molecule has 16 heavy (non-hydrogen) atoms. The lowest BCUT2D eigenvalue weighted by Gasteiger charge is -2.27. The summed E-state index contributed by atoms with van der Waals surface area (Å²) in [5.74, 6) is 2.66. The normalized spacial score (nSPS) is 13.9. The van der Waals surface area contributed by atoms with Crippen molar-refractivity contribution in [3.05, 3.63) is 29.8 Å². The van der Waals surface area contributed by atoms with Crippen LogP contribution in [-0.2, 0) is 10.3 Å². The topological polar surface area (TPSA) is 12.5 Å². The van der Waals surface area contributed by atoms with Crippen LogP contribution in [0, 0.1) is 12.3 Å². The minimum absolute atomic E-state index is 0.389. The Bertz CT molecular complexity index is 375. The van der Waals surface area contributed by atoms with Crippen molar-refractivity contribution in [3.63, 3.8) is 0 Å². The average Bonchev–Trinajstić information content (AvgIpc) is 2.29. The third kappa shape index (κ3) is 2.56. The summed E-state index contributed by atoms with van der Waals surface area (Å²) in [5.41, 5.74) is 1.89. The largest absolute Gasteiger partial charge is 0.378 e. The van der Waals surface area contributed by atoms with Crippen molar-refractivity contribution in [2.24, 2.45) is 0 Å². The predicted molar refractivity (Wildman–Crippen MR) is 68.6 cm³/mol. The maximum Gasteiger partial charge on any atom is 0.101 e. The lowest BCUT2D eigenvalue weighted by Crippen LogP contribution is -2.23. The fourth-order valence-electron chi connectivity index (χ4n) is 1.60. The molecule has 1 atom stereocenters. The van der Waals surface area contributed by atoms with Gasteiger partial charge in [0.15, 0.2) is 0 Å². The molecule has 0 N–H and O–H groups in total. The summed E-state index contributed by atoms with van der Waals surface area (Å²) in [5, 5.41) is 0. The van der Waals surface area contributed by atoms with Crippen molar-refractivity contribution in [2.75, 3.05) is 26.1 Å². The summed E-state index contributed by atoms with van der Waals surface area (Å²) in [6.45, 7) is 2.01. The molecule has 0 aliphatic rings. The van der Waals surface area contributed by atoms with Gasteiger partial charge in [-0.1, -0.05) is 12.1 Å². The van der Waals surface area contributed by atoms with Crippen molar-refractivity contribution in [1.29, 1.82) is 0 Å².